The van der Waals surface area contributed by atoms with E-state index in [0.717, 1.165) is 6.54 Å². The molecular formula is C14H17N3O4. The number of oxazole rings is 1. The van der Waals surface area contributed by atoms with Gasteiger partial charge in [0.25, 0.3) is 5.69 Å². The van der Waals surface area contributed by atoms with Crippen LogP contribution < -0.4 is 10.1 Å². The Morgan fingerprint density at radius 3 is 2.90 bits per heavy atom. The van der Waals surface area contributed by atoms with E-state index in [-0.39, 0.29) is 11.7 Å². The first-order valence-corrected chi connectivity index (χ1v) is 6.58. The van der Waals surface area contributed by atoms with Crippen molar-refractivity contribution in [2.24, 2.45) is 0 Å². The zero-order valence-electron chi connectivity index (χ0n) is 12.1. The molecule has 0 radical (unpaired) electrons. The highest BCUT2D eigenvalue weighted by molar-refractivity contribution is 5.67. The molecule has 0 aliphatic carbocycles. The molecule has 7 nitrogen and oxygen atoms in total. The maximum Gasteiger partial charge on any atom is 0.273 e. The van der Waals surface area contributed by atoms with Crippen LogP contribution in [0.4, 0.5) is 5.69 Å². The fourth-order valence-corrected chi connectivity index (χ4v) is 2.00. The van der Waals surface area contributed by atoms with Crippen LogP contribution in [0.2, 0.25) is 0 Å². The van der Waals surface area contributed by atoms with Gasteiger partial charge in [-0.2, -0.15) is 0 Å². The third-order valence-electron chi connectivity index (χ3n) is 3.07. The number of nitro groups is 1. The van der Waals surface area contributed by atoms with Crippen molar-refractivity contribution in [3.05, 3.63) is 40.4 Å². The Bertz CT molecular complexity index is 639. The smallest absolute Gasteiger partial charge is 0.273 e. The number of hydrogen-bond acceptors (Lipinski definition) is 6. The summed E-state index contributed by atoms with van der Waals surface area (Å²) in [6.07, 6.45) is 1.59. The summed E-state index contributed by atoms with van der Waals surface area (Å²) in [5.41, 5.74) is 0.599. The molecule has 0 saturated carbocycles. The monoisotopic (exact) mass is 291 g/mol. The average Bonchev–Trinajstić information content (AvgIpc) is 2.96. The van der Waals surface area contributed by atoms with Crippen molar-refractivity contribution < 1.29 is 14.1 Å². The molecule has 7 heteroatoms. The minimum atomic E-state index is -0.467. The Morgan fingerprint density at radius 1 is 1.52 bits per heavy atom. The van der Waals surface area contributed by atoms with E-state index >= 15 is 0 Å². The van der Waals surface area contributed by atoms with Crippen LogP contribution >= 0.6 is 0 Å². The van der Waals surface area contributed by atoms with Gasteiger partial charge in [-0.25, -0.2) is 4.98 Å². The molecule has 0 spiro atoms. The van der Waals surface area contributed by atoms with Crippen LogP contribution in [0.1, 0.15) is 25.8 Å². The van der Waals surface area contributed by atoms with Gasteiger partial charge in [0.05, 0.1) is 35.9 Å². The van der Waals surface area contributed by atoms with E-state index in [2.05, 4.69) is 10.3 Å². The average molecular weight is 291 g/mol. The van der Waals surface area contributed by atoms with Gasteiger partial charge in [0.1, 0.15) is 5.75 Å². The number of rotatable bonds is 6. The van der Waals surface area contributed by atoms with Gasteiger partial charge < -0.3 is 14.5 Å². The molecule has 2 aromatic rings. The van der Waals surface area contributed by atoms with Crippen LogP contribution in [-0.4, -0.2) is 23.6 Å². The third kappa shape index (κ3) is 3.19. The van der Waals surface area contributed by atoms with E-state index in [9.17, 15) is 10.1 Å². The highest BCUT2D eigenvalue weighted by Crippen LogP contribution is 2.34. The van der Waals surface area contributed by atoms with Gasteiger partial charge in [-0.05, 0) is 19.5 Å². The summed E-state index contributed by atoms with van der Waals surface area (Å²) in [5.74, 6) is 1.46. The largest absolute Gasteiger partial charge is 0.496 e. The Labute approximate surface area is 122 Å². The zero-order valence-corrected chi connectivity index (χ0v) is 12.1. The predicted molar refractivity (Wildman–Crippen MR) is 77.2 cm³/mol. The summed E-state index contributed by atoms with van der Waals surface area (Å²) in [5, 5.41) is 14.0. The van der Waals surface area contributed by atoms with Gasteiger partial charge in [0.15, 0.2) is 5.76 Å². The molecular weight excluding hydrogens is 274 g/mol. The van der Waals surface area contributed by atoms with Crippen LogP contribution in [0.15, 0.2) is 28.8 Å². The van der Waals surface area contributed by atoms with Crippen molar-refractivity contribution in [3.63, 3.8) is 0 Å². The number of hydrogen-bond donors (Lipinski definition) is 1. The van der Waals surface area contributed by atoms with Crippen molar-refractivity contribution in [2.75, 3.05) is 13.7 Å². The highest BCUT2D eigenvalue weighted by atomic mass is 16.6. The molecule has 0 bridgehead atoms. The van der Waals surface area contributed by atoms with Gasteiger partial charge >= 0.3 is 0 Å². The first kappa shape index (κ1) is 15.0. The minimum Gasteiger partial charge on any atom is -0.496 e. The molecule has 0 fully saturated rings. The third-order valence-corrected chi connectivity index (χ3v) is 3.07. The first-order chi connectivity index (χ1) is 10.1. The van der Waals surface area contributed by atoms with Crippen molar-refractivity contribution >= 4 is 5.69 Å². The maximum absolute atomic E-state index is 10.8. The van der Waals surface area contributed by atoms with Crippen LogP contribution in [0, 0.1) is 10.1 Å². The molecule has 1 aromatic heterocycles. The molecule has 0 amide bonds. The summed E-state index contributed by atoms with van der Waals surface area (Å²) in [4.78, 5) is 14.5. The Kier molecular flexibility index (Phi) is 4.54. The van der Waals surface area contributed by atoms with E-state index in [1.165, 1.54) is 19.2 Å². The fourth-order valence-electron chi connectivity index (χ4n) is 2.00. The van der Waals surface area contributed by atoms with Crippen molar-refractivity contribution in [2.45, 2.75) is 19.9 Å². The highest BCUT2D eigenvalue weighted by Gasteiger charge is 2.17. The lowest BCUT2D eigenvalue weighted by Crippen LogP contribution is -2.17. The van der Waals surface area contributed by atoms with Crippen molar-refractivity contribution in [1.29, 1.82) is 0 Å². The number of nitrogens with zero attached hydrogens (tertiary/aromatic N) is 2. The lowest BCUT2D eigenvalue weighted by molar-refractivity contribution is -0.384. The Balaban J connectivity index is 2.35. The fraction of sp³-hybridized carbons (Fsp3) is 0.357. The van der Waals surface area contributed by atoms with E-state index < -0.39 is 4.92 Å². The molecule has 1 aromatic carbocycles. The molecule has 21 heavy (non-hydrogen) atoms. The van der Waals surface area contributed by atoms with Gasteiger partial charge in [0, 0.05) is 6.07 Å². The lowest BCUT2D eigenvalue weighted by Gasteiger charge is -2.08. The van der Waals surface area contributed by atoms with Gasteiger partial charge in [-0.3, -0.25) is 10.1 Å². The number of ether oxygens (including phenoxy) is 1. The van der Waals surface area contributed by atoms with Crippen LogP contribution in [-0.2, 0) is 0 Å². The first-order valence-electron chi connectivity index (χ1n) is 6.58. The summed E-state index contributed by atoms with van der Waals surface area (Å²) >= 11 is 0. The summed E-state index contributed by atoms with van der Waals surface area (Å²) < 4.78 is 10.9. The van der Waals surface area contributed by atoms with E-state index in [4.69, 9.17) is 9.15 Å². The molecule has 1 unspecified atom stereocenters. The minimum absolute atomic E-state index is 0.00667. The Hall–Kier alpha value is -2.41. The number of non-ortho nitro benzene ring substituents is 1. The molecule has 2 rings (SSSR count). The molecule has 1 heterocycles. The number of nitro benzene ring substituents is 1. The number of methoxy groups -OCH3 is 1. The normalized spacial score (nSPS) is 12.1. The SMILES string of the molecule is CCNC(C)c1ncc(-c2ccc([N+](=O)[O-])cc2OC)o1. The molecule has 0 aliphatic heterocycles. The Morgan fingerprint density at radius 2 is 2.29 bits per heavy atom. The van der Waals surface area contributed by atoms with E-state index in [1.807, 2.05) is 13.8 Å². The van der Waals surface area contributed by atoms with Crippen LogP contribution in [0.25, 0.3) is 11.3 Å². The second kappa shape index (κ2) is 6.36. The molecule has 112 valence electrons. The molecule has 1 atom stereocenters. The summed E-state index contributed by atoms with van der Waals surface area (Å²) in [7, 11) is 1.46. The number of nitrogens with one attached hydrogen (secondary N) is 1. The van der Waals surface area contributed by atoms with Gasteiger partial charge in [-0.1, -0.05) is 6.92 Å². The van der Waals surface area contributed by atoms with Crippen molar-refractivity contribution in [1.82, 2.24) is 10.3 Å². The summed E-state index contributed by atoms with van der Waals surface area (Å²) in [6.45, 7) is 4.76. The standard InChI is InChI=1S/C14H17N3O4/c1-4-15-9(2)14-16-8-13(21-14)11-6-5-10(17(18)19)7-12(11)20-3/h5-9,15H,4H2,1-3H3. The van der Waals surface area contributed by atoms with Crippen molar-refractivity contribution in [3.8, 4) is 17.1 Å². The van der Waals surface area contributed by atoms with Crippen LogP contribution in [0.5, 0.6) is 5.75 Å². The second-order valence-electron chi connectivity index (χ2n) is 4.48. The quantitative estimate of drug-likeness (QED) is 0.650. The topological polar surface area (TPSA) is 90.4 Å². The van der Waals surface area contributed by atoms with E-state index in [1.54, 1.807) is 12.3 Å². The number of aromatic nitrogens is 1. The lowest BCUT2D eigenvalue weighted by atomic mass is 10.1. The maximum atomic E-state index is 10.8. The van der Waals surface area contributed by atoms with E-state index in [0.29, 0.717) is 23.0 Å². The zero-order chi connectivity index (χ0) is 15.4. The predicted octanol–water partition coefficient (Wildman–Crippen LogP) is 2.93. The number of benzene rings is 1. The van der Waals surface area contributed by atoms with Gasteiger partial charge in [0.2, 0.25) is 5.89 Å². The molecule has 0 aliphatic rings. The van der Waals surface area contributed by atoms with Crippen LogP contribution in [0.3, 0.4) is 0 Å². The second-order valence-corrected chi connectivity index (χ2v) is 4.48. The van der Waals surface area contributed by atoms with Gasteiger partial charge in [-0.15, -0.1) is 0 Å². The molecule has 0 saturated heterocycles. The summed E-state index contributed by atoms with van der Waals surface area (Å²) in [6, 6.07) is 4.37. The molecule has 1 N–H and O–H groups in total.